The van der Waals surface area contributed by atoms with Gasteiger partial charge in [-0.05, 0) is 30.8 Å². The Labute approximate surface area is 101 Å². The molecule has 0 bridgehead atoms. The molecule has 0 aliphatic rings. The Balaban J connectivity index is 3.98. The highest BCUT2D eigenvalue weighted by Crippen LogP contribution is 2.06. The van der Waals surface area contributed by atoms with Crippen molar-refractivity contribution in [2.75, 3.05) is 12.0 Å². The first-order valence-electron chi connectivity index (χ1n) is 5.48. The smallest absolute Gasteiger partial charge is 0.326 e. The summed E-state index contributed by atoms with van der Waals surface area (Å²) in [6, 6.07) is -0.748. The SMILES string of the molecule is CSCCCC(=O)NC(CC(C)C)C(=O)O. The number of rotatable bonds is 8. The number of thioether (sulfide) groups is 1. The minimum Gasteiger partial charge on any atom is -0.480 e. The van der Waals surface area contributed by atoms with Crippen molar-refractivity contribution in [3.63, 3.8) is 0 Å². The Morgan fingerprint density at radius 1 is 1.38 bits per heavy atom. The maximum absolute atomic E-state index is 11.4. The summed E-state index contributed by atoms with van der Waals surface area (Å²) >= 11 is 1.68. The molecule has 4 nitrogen and oxygen atoms in total. The summed E-state index contributed by atoms with van der Waals surface area (Å²) in [5.74, 6) is 0.0663. The van der Waals surface area contributed by atoms with Crippen molar-refractivity contribution >= 4 is 23.6 Å². The number of carbonyl (C=O) groups excluding carboxylic acids is 1. The Kier molecular flexibility index (Phi) is 8.07. The molecule has 5 heteroatoms. The lowest BCUT2D eigenvalue weighted by Gasteiger charge is -2.16. The maximum Gasteiger partial charge on any atom is 0.326 e. The van der Waals surface area contributed by atoms with E-state index in [4.69, 9.17) is 5.11 Å². The molecule has 16 heavy (non-hydrogen) atoms. The van der Waals surface area contributed by atoms with Crippen LogP contribution in [0.2, 0.25) is 0 Å². The zero-order chi connectivity index (χ0) is 12.6. The highest BCUT2D eigenvalue weighted by molar-refractivity contribution is 7.98. The summed E-state index contributed by atoms with van der Waals surface area (Å²) in [7, 11) is 0. The van der Waals surface area contributed by atoms with Crippen molar-refractivity contribution in [1.29, 1.82) is 0 Å². The van der Waals surface area contributed by atoms with E-state index in [0.717, 1.165) is 12.2 Å². The summed E-state index contributed by atoms with van der Waals surface area (Å²) in [5.41, 5.74) is 0. The third kappa shape index (κ3) is 7.56. The molecule has 0 saturated carbocycles. The molecule has 0 spiro atoms. The molecule has 0 aliphatic heterocycles. The summed E-state index contributed by atoms with van der Waals surface area (Å²) < 4.78 is 0. The lowest BCUT2D eigenvalue weighted by atomic mass is 10.0. The minimum absolute atomic E-state index is 0.165. The fraction of sp³-hybridized carbons (Fsp3) is 0.818. The summed E-state index contributed by atoms with van der Waals surface area (Å²) in [6.45, 7) is 3.88. The lowest BCUT2D eigenvalue weighted by Crippen LogP contribution is -2.41. The molecule has 0 heterocycles. The van der Waals surface area contributed by atoms with Gasteiger partial charge < -0.3 is 10.4 Å². The average molecular weight is 247 g/mol. The van der Waals surface area contributed by atoms with Crippen LogP contribution in [0.1, 0.15) is 33.1 Å². The average Bonchev–Trinajstić information content (AvgIpc) is 2.16. The molecular formula is C11H21NO3S. The highest BCUT2D eigenvalue weighted by atomic mass is 32.2. The summed E-state index contributed by atoms with van der Waals surface area (Å²) in [5, 5.41) is 11.5. The number of aliphatic carboxylic acids is 1. The number of carboxylic acid groups (broad SMARTS) is 1. The summed E-state index contributed by atoms with van der Waals surface area (Å²) in [4.78, 5) is 22.3. The van der Waals surface area contributed by atoms with E-state index in [1.807, 2.05) is 20.1 Å². The normalized spacial score (nSPS) is 12.5. The van der Waals surface area contributed by atoms with Crippen LogP contribution in [-0.2, 0) is 9.59 Å². The highest BCUT2D eigenvalue weighted by Gasteiger charge is 2.20. The van der Waals surface area contributed by atoms with E-state index in [0.29, 0.717) is 12.8 Å². The Bertz CT molecular complexity index is 231. The van der Waals surface area contributed by atoms with Crippen LogP contribution >= 0.6 is 11.8 Å². The van der Waals surface area contributed by atoms with E-state index in [9.17, 15) is 9.59 Å². The third-order valence-electron chi connectivity index (χ3n) is 2.09. The molecular weight excluding hydrogens is 226 g/mol. The minimum atomic E-state index is -0.952. The van der Waals surface area contributed by atoms with Gasteiger partial charge in [0.1, 0.15) is 6.04 Å². The van der Waals surface area contributed by atoms with Crippen LogP contribution in [0.5, 0.6) is 0 Å². The van der Waals surface area contributed by atoms with Crippen LogP contribution in [0, 0.1) is 5.92 Å². The van der Waals surface area contributed by atoms with Gasteiger partial charge in [0.2, 0.25) is 5.91 Å². The molecule has 2 N–H and O–H groups in total. The topological polar surface area (TPSA) is 66.4 Å². The van der Waals surface area contributed by atoms with Crippen molar-refractivity contribution in [1.82, 2.24) is 5.32 Å². The van der Waals surface area contributed by atoms with Gasteiger partial charge in [-0.15, -0.1) is 0 Å². The van der Waals surface area contributed by atoms with Crippen molar-refractivity contribution in [2.45, 2.75) is 39.2 Å². The van der Waals surface area contributed by atoms with E-state index in [1.165, 1.54) is 0 Å². The molecule has 0 fully saturated rings. The molecule has 0 aromatic rings. The molecule has 1 atom stereocenters. The predicted molar refractivity (Wildman–Crippen MR) is 66.6 cm³/mol. The summed E-state index contributed by atoms with van der Waals surface area (Å²) in [6.07, 6.45) is 3.66. The van der Waals surface area contributed by atoms with Gasteiger partial charge in [0, 0.05) is 6.42 Å². The van der Waals surface area contributed by atoms with Gasteiger partial charge in [-0.25, -0.2) is 4.79 Å². The molecule has 0 radical (unpaired) electrons. The van der Waals surface area contributed by atoms with Gasteiger partial charge >= 0.3 is 5.97 Å². The van der Waals surface area contributed by atoms with Crippen molar-refractivity contribution in [3.05, 3.63) is 0 Å². The van der Waals surface area contributed by atoms with Crippen LogP contribution in [0.25, 0.3) is 0 Å². The molecule has 94 valence electrons. The second-order valence-corrected chi connectivity index (χ2v) is 5.17. The van der Waals surface area contributed by atoms with Crippen molar-refractivity contribution in [3.8, 4) is 0 Å². The second-order valence-electron chi connectivity index (χ2n) is 4.18. The van der Waals surface area contributed by atoms with E-state index in [1.54, 1.807) is 11.8 Å². The molecule has 0 aromatic heterocycles. The molecule has 0 saturated heterocycles. The van der Waals surface area contributed by atoms with Crippen LogP contribution in [0.4, 0.5) is 0 Å². The first-order valence-corrected chi connectivity index (χ1v) is 6.87. The molecule has 1 unspecified atom stereocenters. The van der Waals surface area contributed by atoms with Gasteiger partial charge in [0.05, 0.1) is 0 Å². The van der Waals surface area contributed by atoms with Crippen LogP contribution in [0.15, 0.2) is 0 Å². The fourth-order valence-corrected chi connectivity index (χ4v) is 1.77. The van der Waals surface area contributed by atoms with Gasteiger partial charge in [-0.3, -0.25) is 4.79 Å². The number of nitrogens with one attached hydrogen (secondary N) is 1. The maximum atomic E-state index is 11.4. The Hall–Kier alpha value is -0.710. The quantitative estimate of drug-likeness (QED) is 0.641. The number of hydrogen-bond donors (Lipinski definition) is 2. The van der Waals surface area contributed by atoms with E-state index in [2.05, 4.69) is 5.32 Å². The molecule has 1 amide bonds. The second kappa shape index (κ2) is 8.44. The first kappa shape index (κ1) is 15.3. The monoisotopic (exact) mass is 247 g/mol. The molecule has 0 rings (SSSR count). The van der Waals surface area contributed by atoms with Gasteiger partial charge in [-0.2, -0.15) is 11.8 Å². The Morgan fingerprint density at radius 3 is 2.44 bits per heavy atom. The Morgan fingerprint density at radius 2 is 2.00 bits per heavy atom. The fourth-order valence-electron chi connectivity index (χ4n) is 1.34. The third-order valence-corrected chi connectivity index (χ3v) is 2.79. The lowest BCUT2D eigenvalue weighted by molar-refractivity contribution is -0.142. The van der Waals surface area contributed by atoms with E-state index >= 15 is 0 Å². The largest absolute Gasteiger partial charge is 0.480 e. The zero-order valence-electron chi connectivity index (χ0n) is 10.2. The standard InChI is InChI=1S/C11H21NO3S/c1-8(2)7-9(11(14)15)12-10(13)5-4-6-16-3/h8-9H,4-7H2,1-3H3,(H,12,13)(H,14,15). The van der Waals surface area contributed by atoms with E-state index < -0.39 is 12.0 Å². The number of carbonyl (C=O) groups is 2. The van der Waals surface area contributed by atoms with Crippen molar-refractivity contribution < 1.29 is 14.7 Å². The number of amides is 1. The zero-order valence-corrected chi connectivity index (χ0v) is 11.0. The van der Waals surface area contributed by atoms with E-state index in [-0.39, 0.29) is 11.8 Å². The number of carboxylic acids is 1. The van der Waals surface area contributed by atoms with Crippen LogP contribution < -0.4 is 5.32 Å². The molecule has 0 aliphatic carbocycles. The van der Waals surface area contributed by atoms with Crippen molar-refractivity contribution in [2.24, 2.45) is 5.92 Å². The van der Waals surface area contributed by atoms with Gasteiger partial charge in [-0.1, -0.05) is 13.8 Å². The van der Waals surface area contributed by atoms with Crippen LogP contribution in [-0.4, -0.2) is 35.0 Å². The van der Waals surface area contributed by atoms with Crippen LogP contribution in [0.3, 0.4) is 0 Å². The predicted octanol–water partition coefficient (Wildman–Crippen LogP) is 1.75. The van der Waals surface area contributed by atoms with Gasteiger partial charge in [0.25, 0.3) is 0 Å². The first-order chi connectivity index (χ1) is 7.47. The van der Waals surface area contributed by atoms with Gasteiger partial charge in [0.15, 0.2) is 0 Å². The molecule has 0 aromatic carbocycles. The number of hydrogen-bond acceptors (Lipinski definition) is 3.